The normalized spacial score (nSPS) is 9.64. The van der Waals surface area contributed by atoms with Crippen LogP contribution in [-0.4, -0.2) is 15.0 Å². The van der Waals surface area contributed by atoms with Crippen molar-refractivity contribution in [3.8, 4) is 0 Å². The zero-order chi connectivity index (χ0) is 9.80. The largest absolute Gasteiger partial charge is 0.385 e. The van der Waals surface area contributed by atoms with Crippen molar-refractivity contribution in [3.63, 3.8) is 0 Å². The highest BCUT2D eigenvalue weighted by Crippen LogP contribution is 2.12. The number of rotatable bonds is 2. The summed E-state index contributed by atoms with van der Waals surface area (Å²) in [5, 5.41) is 16.0. The average molecular weight is 186 g/mol. The molecule has 2 aromatic rings. The second-order valence-corrected chi connectivity index (χ2v) is 2.87. The van der Waals surface area contributed by atoms with Crippen LogP contribution in [0.2, 0.25) is 0 Å². The van der Waals surface area contributed by atoms with E-state index in [9.17, 15) is 0 Å². The molecule has 0 saturated heterocycles. The monoisotopic (exact) mass is 186 g/mol. The molecule has 0 fully saturated rings. The summed E-state index contributed by atoms with van der Waals surface area (Å²) in [6, 6.07) is 7.26. The number of benzene rings is 1. The quantitative estimate of drug-likeness (QED) is 0.672. The van der Waals surface area contributed by atoms with Crippen molar-refractivity contribution in [1.29, 1.82) is 5.39 Å². The van der Waals surface area contributed by atoms with Crippen LogP contribution in [0.3, 0.4) is 0 Å². The standard InChI is InChI=1S/C9H8N5/c10-12-9-3-1-8(2-4-9)7-14-6-5-11-13-14/h1-6H,7H2/q+1. The maximum Gasteiger partial charge on any atom is 0.385 e. The lowest BCUT2D eigenvalue weighted by molar-refractivity contribution is 0.650. The summed E-state index contributed by atoms with van der Waals surface area (Å²) in [5.41, 5.74) is 1.63. The molecular weight excluding hydrogens is 178 g/mol. The Morgan fingerprint density at radius 1 is 1.29 bits per heavy atom. The van der Waals surface area contributed by atoms with E-state index >= 15 is 0 Å². The lowest BCUT2D eigenvalue weighted by Crippen LogP contribution is -1.99. The summed E-state index contributed by atoms with van der Waals surface area (Å²) in [7, 11) is 0. The number of diazo groups is 1. The Kier molecular flexibility index (Phi) is 2.19. The molecule has 0 N–H and O–H groups in total. The molecule has 0 aliphatic carbocycles. The second kappa shape index (κ2) is 3.66. The number of hydrogen-bond donors (Lipinski definition) is 0. The first-order valence-electron chi connectivity index (χ1n) is 4.16. The molecule has 0 atom stereocenters. The van der Waals surface area contributed by atoms with E-state index in [0.717, 1.165) is 5.56 Å². The predicted octanol–water partition coefficient (Wildman–Crippen LogP) is 1.81. The molecule has 1 aromatic carbocycles. The van der Waals surface area contributed by atoms with Crippen LogP contribution in [0.15, 0.2) is 36.7 Å². The van der Waals surface area contributed by atoms with Gasteiger partial charge in [0.1, 0.15) is 0 Å². The van der Waals surface area contributed by atoms with Crippen LogP contribution in [0.25, 0.3) is 4.98 Å². The Hall–Kier alpha value is -2.22. The highest BCUT2D eigenvalue weighted by atomic mass is 15.4. The molecule has 0 aliphatic heterocycles. The maximum absolute atomic E-state index is 8.48. The van der Waals surface area contributed by atoms with E-state index in [1.807, 2.05) is 12.1 Å². The second-order valence-electron chi connectivity index (χ2n) is 2.87. The SMILES string of the molecule is N#[N+]c1ccc(Cn2ccnn2)cc1. The Balaban J connectivity index is 2.15. The molecule has 0 saturated carbocycles. The molecule has 0 aliphatic rings. The number of nitrogens with zero attached hydrogens (tertiary/aromatic N) is 5. The van der Waals surface area contributed by atoms with Gasteiger partial charge in [0.05, 0.1) is 12.7 Å². The summed E-state index contributed by atoms with van der Waals surface area (Å²) in [5.74, 6) is 0. The molecule has 14 heavy (non-hydrogen) atoms. The highest BCUT2D eigenvalue weighted by Gasteiger charge is 2.02. The van der Waals surface area contributed by atoms with Crippen molar-refractivity contribution in [3.05, 3.63) is 47.2 Å². The minimum atomic E-state index is 0.548. The first-order valence-corrected chi connectivity index (χ1v) is 4.16. The van der Waals surface area contributed by atoms with Gasteiger partial charge in [-0.15, -0.1) is 5.10 Å². The van der Waals surface area contributed by atoms with Gasteiger partial charge in [-0.2, -0.15) is 0 Å². The van der Waals surface area contributed by atoms with Gasteiger partial charge in [0.15, 0.2) is 4.98 Å². The van der Waals surface area contributed by atoms with Crippen LogP contribution >= 0.6 is 0 Å². The first-order chi connectivity index (χ1) is 6.88. The van der Waals surface area contributed by atoms with Crippen molar-refractivity contribution >= 4 is 5.69 Å². The van der Waals surface area contributed by atoms with Gasteiger partial charge in [-0.3, -0.25) is 0 Å². The van der Waals surface area contributed by atoms with E-state index in [2.05, 4.69) is 15.3 Å². The van der Waals surface area contributed by atoms with Gasteiger partial charge in [-0.25, -0.2) is 4.68 Å². The predicted molar refractivity (Wildman–Crippen MR) is 50.3 cm³/mol. The van der Waals surface area contributed by atoms with Crippen molar-refractivity contribution in [2.24, 2.45) is 0 Å². The lowest BCUT2D eigenvalue weighted by atomic mass is 10.2. The van der Waals surface area contributed by atoms with E-state index in [1.54, 1.807) is 29.2 Å². The Morgan fingerprint density at radius 2 is 2.07 bits per heavy atom. The van der Waals surface area contributed by atoms with Gasteiger partial charge in [0, 0.05) is 18.3 Å². The maximum atomic E-state index is 8.48. The van der Waals surface area contributed by atoms with Crippen LogP contribution < -0.4 is 0 Å². The van der Waals surface area contributed by atoms with Gasteiger partial charge in [0.25, 0.3) is 0 Å². The average Bonchev–Trinajstić information content (AvgIpc) is 2.72. The summed E-state index contributed by atoms with van der Waals surface area (Å²) < 4.78 is 1.73. The third kappa shape index (κ3) is 1.75. The highest BCUT2D eigenvalue weighted by molar-refractivity contribution is 5.44. The molecule has 0 bridgehead atoms. The molecule has 0 radical (unpaired) electrons. The fraction of sp³-hybridized carbons (Fsp3) is 0.111. The molecule has 68 valence electrons. The van der Waals surface area contributed by atoms with Gasteiger partial charge < -0.3 is 0 Å². The van der Waals surface area contributed by atoms with Crippen LogP contribution in [-0.2, 0) is 6.54 Å². The molecule has 0 amide bonds. The minimum absolute atomic E-state index is 0.548. The minimum Gasteiger partial charge on any atom is -0.248 e. The van der Waals surface area contributed by atoms with E-state index in [4.69, 9.17) is 5.39 Å². The van der Waals surface area contributed by atoms with Gasteiger partial charge in [-0.05, 0) is 17.7 Å². The Morgan fingerprint density at radius 3 is 2.64 bits per heavy atom. The van der Waals surface area contributed by atoms with Gasteiger partial charge in [0.2, 0.25) is 5.39 Å². The van der Waals surface area contributed by atoms with Crippen LogP contribution in [0.1, 0.15) is 5.56 Å². The number of aromatic nitrogens is 3. The number of hydrogen-bond acceptors (Lipinski definition) is 3. The molecule has 5 nitrogen and oxygen atoms in total. The van der Waals surface area contributed by atoms with Crippen molar-refractivity contribution < 1.29 is 0 Å². The van der Waals surface area contributed by atoms with E-state index in [1.165, 1.54) is 0 Å². The fourth-order valence-electron chi connectivity index (χ4n) is 1.17. The van der Waals surface area contributed by atoms with Gasteiger partial charge in [-0.1, -0.05) is 5.21 Å². The summed E-state index contributed by atoms with van der Waals surface area (Å²) >= 11 is 0. The smallest absolute Gasteiger partial charge is 0.248 e. The van der Waals surface area contributed by atoms with Crippen molar-refractivity contribution in [1.82, 2.24) is 15.0 Å². The van der Waals surface area contributed by atoms with Crippen LogP contribution in [0, 0.1) is 5.39 Å². The topological polar surface area (TPSA) is 58.9 Å². The summed E-state index contributed by atoms with van der Waals surface area (Å²) in [6.07, 6.45) is 3.43. The molecule has 0 unspecified atom stereocenters. The Labute approximate surface area is 80.6 Å². The van der Waals surface area contributed by atoms with Gasteiger partial charge >= 0.3 is 5.69 Å². The fourth-order valence-corrected chi connectivity index (χ4v) is 1.17. The zero-order valence-corrected chi connectivity index (χ0v) is 7.41. The molecule has 1 aromatic heterocycles. The summed E-state index contributed by atoms with van der Waals surface area (Å²) in [4.78, 5) is 3.07. The molecule has 1 heterocycles. The van der Waals surface area contributed by atoms with E-state index in [0.29, 0.717) is 12.2 Å². The van der Waals surface area contributed by atoms with Crippen LogP contribution in [0.5, 0.6) is 0 Å². The van der Waals surface area contributed by atoms with E-state index in [-0.39, 0.29) is 0 Å². The summed E-state index contributed by atoms with van der Waals surface area (Å²) in [6.45, 7) is 0.672. The third-order valence-electron chi connectivity index (χ3n) is 1.87. The lowest BCUT2D eigenvalue weighted by Gasteiger charge is -1.98. The Bertz CT molecular complexity index is 437. The van der Waals surface area contributed by atoms with Crippen LogP contribution in [0.4, 0.5) is 5.69 Å². The molecule has 0 spiro atoms. The van der Waals surface area contributed by atoms with Crippen molar-refractivity contribution in [2.45, 2.75) is 6.54 Å². The third-order valence-corrected chi connectivity index (χ3v) is 1.87. The molecule has 2 rings (SSSR count). The molecular formula is C9H8N5+. The van der Waals surface area contributed by atoms with Crippen molar-refractivity contribution in [2.75, 3.05) is 0 Å². The van der Waals surface area contributed by atoms with E-state index < -0.39 is 0 Å². The molecule has 5 heteroatoms. The zero-order valence-electron chi connectivity index (χ0n) is 7.41. The first kappa shape index (κ1) is 8.38.